The highest BCUT2D eigenvalue weighted by atomic mass is 19.4. The number of hydrogen-bond acceptors (Lipinski definition) is 1. The van der Waals surface area contributed by atoms with Crippen LogP contribution in [0.2, 0.25) is 0 Å². The van der Waals surface area contributed by atoms with E-state index >= 15 is 0 Å². The third-order valence-electron chi connectivity index (χ3n) is 3.05. The normalized spacial score (nSPS) is 13.0. The summed E-state index contributed by atoms with van der Waals surface area (Å²) < 4.78 is 64.6. The summed E-state index contributed by atoms with van der Waals surface area (Å²) in [6.45, 7) is 1.57. The SMILES string of the molecule is CC(Nc1ccccc1C(F)(F)F)c1ccc(F)c(F)c1. The van der Waals surface area contributed by atoms with Crippen molar-refractivity contribution in [1.82, 2.24) is 0 Å². The highest BCUT2D eigenvalue weighted by Gasteiger charge is 2.33. The van der Waals surface area contributed by atoms with Crippen molar-refractivity contribution in [2.24, 2.45) is 0 Å². The fourth-order valence-corrected chi connectivity index (χ4v) is 1.95. The van der Waals surface area contributed by atoms with E-state index in [2.05, 4.69) is 5.32 Å². The first-order valence-electron chi connectivity index (χ1n) is 6.16. The Morgan fingerprint density at radius 2 is 1.62 bits per heavy atom. The van der Waals surface area contributed by atoms with Crippen LogP contribution in [-0.4, -0.2) is 0 Å². The molecule has 1 atom stereocenters. The van der Waals surface area contributed by atoms with E-state index in [0.29, 0.717) is 5.56 Å². The van der Waals surface area contributed by atoms with Crippen molar-refractivity contribution < 1.29 is 22.0 Å². The molecule has 21 heavy (non-hydrogen) atoms. The van der Waals surface area contributed by atoms with Crippen molar-refractivity contribution in [1.29, 1.82) is 0 Å². The minimum absolute atomic E-state index is 0.109. The Morgan fingerprint density at radius 1 is 0.952 bits per heavy atom. The number of hydrogen-bond donors (Lipinski definition) is 1. The van der Waals surface area contributed by atoms with Gasteiger partial charge < -0.3 is 5.32 Å². The van der Waals surface area contributed by atoms with Gasteiger partial charge in [0.2, 0.25) is 0 Å². The summed E-state index contributed by atoms with van der Waals surface area (Å²) in [5.74, 6) is -2.04. The van der Waals surface area contributed by atoms with E-state index in [1.165, 1.54) is 24.3 Å². The number of halogens is 5. The predicted molar refractivity (Wildman–Crippen MR) is 69.8 cm³/mol. The van der Waals surface area contributed by atoms with Gasteiger partial charge in [0.05, 0.1) is 5.56 Å². The Morgan fingerprint density at radius 3 is 2.24 bits per heavy atom. The summed E-state index contributed by atoms with van der Waals surface area (Å²) in [5, 5.41) is 2.67. The Kier molecular flexibility index (Phi) is 4.16. The Labute approximate surface area is 118 Å². The van der Waals surface area contributed by atoms with Gasteiger partial charge in [-0.2, -0.15) is 13.2 Å². The lowest BCUT2D eigenvalue weighted by Crippen LogP contribution is -2.13. The van der Waals surface area contributed by atoms with Crippen LogP contribution < -0.4 is 5.32 Å². The zero-order valence-electron chi connectivity index (χ0n) is 11.0. The van der Waals surface area contributed by atoms with Crippen LogP contribution in [0.1, 0.15) is 24.1 Å². The summed E-state index contributed by atoms with van der Waals surface area (Å²) in [6, 6.07) is 7.63. The molecule has 1 unspecified atom stereocenters. The molecule has 0 spiro atoms. The van der Waals surface area contributed by atoms with Crippen molar-refractivity contribution in [3.05, 3.63) is 65.2 Å². The van der Waals surface area contributed by atoms with Crippen molar-refractivity contribution >= 4 is 5.69 Å². The second-order valence-electron chi connectivity index (χ2n) is 4.58. The van der Waals surface area contributed by atoms with Gasteiger partial charge in [0.1, 0.15) is 0 Å². The van der Waals surface area contributed by atoms with Crippen LogP contribution >= 0.6 is 0 Å². The first-order valence-corrected chi connectivity index (χ1v) is 6.16. The number of para-hydroxylation sites is 1. The Bertz CT molecular complexity index is 636. The van der Waals surface area contributed by atoms with Gasteiger partial charge in [-0.3, -0.25) is 0 Å². The molecule has 0 saturated carbocycles. The van der Waals surface area contributed by atoms with Crippen LogP contribution in [0.5, 0.6) is 0 Å². The van der Waals surface area contributed by atoms with Crippen LogP contribution in [0.25, 0.3) is 0 Å². The molecular weight excluding hydrogens is 289 g/mol. The molecule has 0 aliphatic carbocycles. The van der Waals surface area contributed by atoms with Gasteiger partial charge in [0.15, 0.2) is 11.6 Å². The molecule has 0 aliphatic rings. The summed E-state index contributed by atoms with van der Waals surface area (Å²) in [7, 11) is 0. The number of alkyl halides is 3. The van der Waals surface area contributed by atoms with E-state index in [-0.39, 0.29) is 5.69 Å². The van der Waals surface area contributed by atoms with Gasteiger partial charge in [-0.15, -0.1) is 0 Å². The predicted octanol–water partition coefficient (Wildman–Crippen LogP) is 5.16. The zero-order valence-corrected chi connectivity index (χ0v) is 11.0. The van der Waals surface area contributed by atoms with Crippen LogP contribution in [0.15, 0.2) is 42.5 Å². The van der Waals surface area contributed by atoms with Crippen LogP contribution in [0, 0.1) is 11.6 Å². The molecule has 0 aromatic heterocycles. The van der Waals surface area contributed by atoms with Crippen LogP contribution in [-0.2, 0) is 6.18 Å². The summed E-state index contributed by atoms with van der Waals surface area (Å²) in [4.78, 5) is 0. The van der Waals surface area contributed by atoms with Gasteiger partial charge in [0.25, 0.3) is 0 Å². The fourth-order valence-electron chi connectivity index (χ4n) is 1.95. The molecule has 0 bridgehead atoms. The lowest BCUT2D eigenvalue weighted by atomic mass is 10.1. The Hall–Kier alpha value is -2.11. The minimum Gasteiger partial charge on any atom is -0.378 e. The maximum Gasteiger partial charge on any atom is 0.418 e. The molecule has 2 aromatic carbocycles. The molecule has 112 valence electrons. The maximum absolute atomic E-state index is 13.2. The summed E-state index contributed by atoms with van der Waals surface area (Å²) in [6.07, 6.45) is -4.49. The van der Waals surface area contributed by atoms with Gasteiger partial charge in [-0.05, 0) is 36.8 Å². The lowest BCUT2D eigenvalue weighted by molar-refractivity contribution is -0.137. The number of rotatable bonds is 3. The second-order valence-corrected chi connectivity index (χ2v) is 4.58. The summed E-state index contributed by atoms with van der Waals surface area (Å²) >= 11 is 0. The second kappa shape index (κ2) is 5.71. The standard InChI is InChI=1S/C15H12F5N/c1-9(10-6-7-12(16)13(17)8-10)21-14-5-3-2-4-11(14)15(18,19)20/h2-9,21H,1H3. The molecule has 0 saturated heterocycles. The van der Waals surface area contributed by atoms with Crippen LogP contribution in [0.3, 0.4) is 0 Å². The van der Waals surface area contributed by atoms with E-state index in [0.717, 1.165) is 18.2 Å². The van der Waals surface area contributed by atoms with E-state index in [4.69, 9.17) is 0 Å². The molecule has 0 amide bonds. The van der Waals surface area contributed by atoms with Crippen molar-refractivity contribution in [3.8, 4) is 0 Å². The van der Waals surface area contributed by atoms with Gasteiger partial charge in [0, 0.05) is 11.7 Å². The van der Waals surface area contributed by atoms with Crippen LogP contribution in [0.4, 0.5) is 27.6 Å². The third-order valence-corrected chi connectivity index (χ3v) is 3.05. The molecule has 2 aromatic rings. The Balaban J connectivity index is 2.27. The highest BCUT2D eigenvalue weighted by molar-refractivity contribution is 5.54. The molecule has 2 rings (SSSR count). The van der Waals surface area contributed by atoms with Crippen molar-refractivity contribution in [2.75, 3.05) is 5.32 Å². The molecule has 0 radical (unpaired) electrons. The highest BCUT2D eigenvalue weighted by Crippen LogP contribution is 2.36. The van der Waals surface area contributed by atoms with Crippen molar-refractivity contribution in [2.45, 2.75) is 19.1 Å². The third kappa shape index (κ3) is 3.51. The molecule has 0 fully saturated rings. The quantitative estimate of drug-likeness (QED) is 0.772. The molecule has 0 aliphatic heterocycles. The van der Waals surface area contributed by atoms with Gasteiger partial charge >= 0.3 is 6.18 Å². The minimum atomic E-state index is -4.49. The van der Waals surface area contributed by atoms with E-state index in [1.807, 2.05) is 0 Å². The first-order chi connectivity index (χ1) is 9.79. The molecule has 0 heterocycles. The average Bonchev–Trinajstić information content (AvgIpc) is 2.41. The van der Waals surface area contributed by atoms with Crippen molar-refractivity contribution in [3.63, 3.8) is 0 Å². The van der Waals surface area contributed by atoms with Gasteiger partial charge in [-0.25, -0.2) is 8.78 Å². The van der Waals surface area contributed by atoms with E-state index in [1.54, 1.807) is 6.92 Å². The maximum atomic E-state index is 13.2. The molecule has 1 nitrogen and oxygen atoms in total. The number of anilines is 1. The van der Waals surface area contributed by atoms with E-state index < -0.39 is 29.4 Å². The topological polar surface area (TPSA) is 12.0 Å². The lowest BCUT2D eigenvalue weighted by Gasteiger charge is -2.19. The molecular formula is C15H12F5N. The smallest absolute Gasteiger partial charge is 0.378 e. The zero-order chi connectivity index (χ0) is 15.6. The largest absolute Gasteiger partial charge is 0.418 e. The fraction of sp³-hybridized carbons (Fsp3) is 0.200. The van der Waals surface area contributed by atoms with E-state index in [9.17, 15) is 22.0 Å². The molecule has 6 heteroatoms. The average molecular weight is 301 g/mol. The monoisotopic (exact) mass is 301 g/mol. The summed E-state index contributed by atoms with van der Waals surface area (Å²) in [5.41, 5.74) is -0.562. The molecule has 1 N–H and O–H groups in total. The van der Waals surface area contributed by atoms with Gasteiger partial charge in [-0.1, -0.05) is 18.2 Å². The number of nitrogens with one attached hydrogen (secondary N) is 1. The first kappa shape index (κ1) is 15.3. The number of benzene rings is 2.